The van der Waals surface area contributed by atoms with Gasteiger partial charge in [0.25, 0.3) is 0 Å². The molecule has 1 aromatic heterocycles. The van der Waals surface area contributed by atoms with Crippen LogP contribution in [0.5, 0.6) is 0 Å². The maximum atomic E-state index is 5.82. The van der Waals surface area contributed by atoms with Gasteiger partial charge < -0.3 is 9.84 Å². The molecule has 2 aliphatic heterocycles. The molecule has 3 heterocycles. The molecule has 4 nitrogen and oxygen atoms in total. The van der Waals surface area contributed by atoms with Gasteiger partial charge >= 0.3 is 0 Å². The van der Waals surface area contributed by atoms with Crippen LogP contribution in [0.3, 0.4) is 0 Å². The highest BCUT2D eigenvalue weighted by Gasteiger charge is 2.29. The molecule has 0 unspecified atom stereocenters. The number of hydrogen-bond donors (Lipinski definition) is 1. The predicted octanol–water partition coefficient (Wildman–Crippen LogP) is 3.24. The van der Waals surface area contributed by atoms with Crippen molar-refractivity contribution in [2.75, 3.05) is 19.6 Å². The van der Waals surface area contributed by atoms with Crippen LogP contribution in [-0.4, -0.2) is 35.7 Å². The van der Waals surface area contributed by atoms with Crippen LogP contribution in [0.1, 0.15) is 50.4 Å². The molecule has 124 valence electrons. The summed E-state index contributed by atoms with van der Waals surface area (Å²) in [5.74, 6) is 0. The van der Waals surface area contributed by atoms with Crippen molar-refractivity contribution in [2.24, 2.45) is 0 Å². The summed E-state index contributed by atoms with van der Waals surface area (Å²) in [5.41, 5.74) is 4.93. The number of hydrogen-bond acceptors (Lipinski definition) is 4. The van der Waals surface area contributed by atoms with Crippen molar-refractivity contribution in [3.63, 3.8) is 0 Å². The molecule has 0 atom stereocenters. The van der Waals surface area contributed by atoms with Crippen molar-refractivity contribution in [1.29, 1.82) is 0 Å². The van der Waals surface area contributed by atoms with Gasteiger partial charge in [-0.15, -0.1) is 0 Å². The number of nitrogens with one attached hydrogen (secondary N) is 1. The fourth-order valence-corrected chi connectivity index (χ4v) is 4.08. The van der Waals surface area contributed by atoms with E-state index in [2.05, 4.69) is 48.3 Å². The van der Waals surface area contributed by atoms with Gasteiger partial charge in [0.05, 0.1) is 5.69 Å². The summed E-state index contributed by atoms with van der Waals surface area (Å²) < 4.78 is 5.82. The van der Waals surface area contributed by atoms with E-state index < -0.39 is 0 Å². The van der Waals surface area contributed by atoms with E-state index >= 15 is 0 Å². The third kappa shape index (κ3) is 2.68. The Balaban J connectivity index is 1.70. The maximum absolute atomic E-state index is 5.82. The second kappa shape index (κ2) is 5.60. The highest BCUT2D eigenvalue weighted by molar-refractivity contribution is 5.84. The first kappa shape index (κ1) is 15.2. The second-order valence-corrected chi connectivity index (χ2v) is 8.06. The summed E-state index contributed by atoms with van der Waals surface area (Å²) >= 11 is 0. The van der Waals surface area contributed by atoms with Gasteiger partial charge in [-0.1, -0.05) is 32.0 Å². The molecule has 0 saturated carbocycles. The van der Waals surface area contributed by atoms with Gasteiger partial charge in [-0.3, -0.25) is 4.90 Å². The zero-order chi connectivity index (χ0) is 16.0. The minimum Gasteiger partial charge on any atom is -0.356 e. The Hall–Kier alpha value is -1.39. The summed E-state index contributed by atoms with van der Waals surface area (Å²) in [4.78, 5) is 2.65. The van der Waals surface area contributed by atoms with E-state index in [4.69, 9.17) is 4.52 Å². The van der Waals surface area contributed by atoms with Crippen molar-refractivity contribution < 1.29 is 4.52 Å². The molecule has 0 spiro atoms. The zero-order valence-corrected chi connectivity index (χ0v) is 14.5. The van der Waals surface area contributed by atoms with Crippen molar-refractivity contribution in [1.82, 2.24) is 15.4 Å². The minimum absolute atomic E-state index is 0.0167. The van der Waals surface area contributed by atoms with Crippen molar-refractivity contribution in [2.45, 2.75) is 58.0 Å². The van der Waals surface area contributed by atoms with E-state index in [-0.39, 0.29) is 5.41 Å². The molecule has 1 fully saturated rings. The van der Waals surface area contributed by atoms with E-state index in [0.717, 1.165) is 37.3 Å². The molecule has 0 radical (unpaired) electrons. The summed E-state index contributed by atoms with van der Waals surface area (Å²) in [6.45, 7) is 11.1. The van der Waals surface area contributed by atoms with Crippen LogP contribution in [0.2, 0.25) is 0 Å². The molecular formula is C19H27N3O. The van der Waals surface area contributed by atoms with Gasteiger partial charge in [0, 0.05) is 35.5 Å². The van der Waals surface area contributed by atoms with Crippen LogP contribution in [-0.2, 0) is 18.4 Å². The average Bonchev–Trinajstić information content (AvgIpc) is 3.00. The van der Waals surface area contributed by atoms with Gasteiger partial charge in [0.2, 0.25) is 0 Å². The Morgan fingerprint density at radius 3 is 2.74 bits per heavy atom. The van der Waals surface area contributed by atoms with Crippen LogP contribution < -0.4 is 5.32 Å². The molecule has 4 heteroatoms. The third-order valence-electron chi connectivity index (χ3n) is 5.41. The Labute approximate surface area is 138 Å². The monoisotopic (exact) mass is 313 g/mol. The molecule has 1 aromatic carbocycles. The van der Waals surface area contributed by atoms with Crippen LogP contribution >= 0.6 is 0 Å². The molecular weight excluding hydrogens is 286 g/mol. The minimum atomic E-state index is 0.0167. The zero-order valence-electron chi connectivity index (χ0n) is 14.5. The highest BCUT2D eigenvalue weighted by atomic mass is 16.5. The molecule has 1 N–H and O–H groups in total. The first-order valence-corrected chi connectivity index (χ1v) is 8.89. The van der Waals surface area contributed by atoms with Gasteiger partial charge in [0.1, 0.15) is 0 Å². The van der Waals surface area contributed by atoms with Gasteiger partial charge in [-0.25, -0.2) is 0 Å². The van der Waals surface area contributed by atoms with E-state index in [0.29, 0.717) is 6.04 Å². The van der Waals surface area contributed by atoms with Gasteiger partial charge in [0.15, 0.2) is 5.58 Å². The largest absolute Gasteiger partial charge is 0.356 e. The molecule has 4 rings (SSSR count). The maximum Gasteiger partial charge on any atom is 0.171 e. The quantitative estimate of drug-likeness (QED) is 0.877. The lowest BCUT2D eigenvalue weighted by Gasteiger charge is -2.37. The predicted molar refractivity (Wildman–Crippen MR) is 92.7 cm³/mol. The lowest BCUT2D eigenvalue weighted by atomic mass is 9.88. The Bertz CT molecular complexity index is 707. The van der Waals surface area contributed by atoms with E-state index in [1.807, 2.05) is 0 Å². The number of rotatable bonds is 1. The SMILES string of the molecule is CC(C)(C)c1noc2c3c(ccc12)CCN(C1CCNCC1)C3. The van der Waals surface area contributed by atoms with Crippen LogP contribution in [0.4, 0.5) is 0 Å². The Morgan fingerprint density at radius 1 is 1.22 bits per heavy atom. The topological polar surface area (TPSA) is 41.3 Å². The molecule has 0 bridgehead atoms. The molecule has 0 aliphatic carbocycles. The van der Waals surface area contributed by atoms with E-state index in [1.165, 1.54) is 35.9 Å². The summed E-state index contributed by atoms with van der Waals surface area (Å²) in [5, 5.41) is 9.07. The number of benzene rings is 1. The van der Waals surface area contributed by atoms with Crippen molar-refractivity contribution in [3.05, 3.63) is 29.0 Å². The van der Waals surface area contributed by atoms with Gasteiger partial charge in [-0.05, 0) is 44.0 Å². The van der Waals surface area contributed by atoms with Crippen molar-refractivity contribution in [3.8, 4) is 0 Å². The smallest absolute Gasteiger partial charge is 0.171 e. The number of piperidine rings is 1. The normalized spacial score (nSPS) is 20.8. The Kier molecular flexibility index (Phi) is 3.69. The van der Waals surface area contributed by atoms with E-state index in [9.17, 15) is 0 Å². The fourth-order valence-electron chi connectivity index (χ4n) is 4.08. The average molecular weight is 313 g/mol. The molecule has 2 aliphatic rings. The fraction of sp³-hybridized carbons (Fsp3) is 0.632. The molecule has 0 amide bonds. The summed E-state index contributed by atoms with van der Waals surface area (Å²) in [6, 6.07) is 5.22. The van der Waals surface area contributed by atoms with Crippen LogP contribution in [0.25, 0.3) is 11.0 Å². The number of nitrogens with zero attached hydrogens (tertiary/aromatic N) is 2. The first-order valence-electron chi connectivity index (χ1n) is 8.89. The van der Waals surface area contributed by atoms with Gasteiger partial charge in [-0.2, -0.15) is 0 Å². The molecule has 2 aromatic rings. The highest BCUT2D eigenvalue weighted by Crippen LogP contribution is 2.35. The summed E-state index contributed by atoms with van der Waals surface area (Å²) in [6.07, 6.45) is 3.64. The van der Waals surface area contributed by atoms with Crippen LogP contribution in [0.15, 0.2) is 16.7 Å². The number of fused-ring (bicyclic) bond motifs is 3. The third-order valence-corrected chi connectivity index (χ3v) is 5.41. The standard InChI is InChI=1S/C19H27N3O/c1-19(2,3)18-15-5-4-13-8-11-22(14-6-9-20-10-7-14)12-16(13)17(15)23-21-18/h4-5,14,20H,6-12H2,1-3H3. The van der Waals surface area contributed by atoms with E-state index in [1.54, 1.807) is 0 Å². The second-order valence-electron chi connectivity index (χ2n) is 8.06. The lowest BCUT2D eigenvalue weighted by molar-refractivity contribution is 0.147. The molecule has 23 heavy (non-hydrogen) atoms. The number of aromatic nitrogens is 1. The molecule has 1 saturated heterocycles. The Morgan fingerprint density at radius 2 is 2.00 bits per heavy atom. The van der Waals surface area contributed by atoms with Crippen LogP contribution in [0, 0.1) is 0 Å². The van der Waals surface area contributed by atoms with Crippen molar-refractivity contribution >= 4 is 11.0 Å². The first-order chi connectivity index (χ1) is 11.0. The lowest BCUT2D eigenvalue weighted by Crippen LogP contribution is -2.45. The summed E-state index contributed by atoms with van der Waals surface area (Å²) in [7, 11) is 0.